The lowest BCUT2D eigenvalue weighted by molar-refractivity contribution is -0.113. The van der Waals surface area contributed by atoms with Crippen LogP contribution in [0.1, 0.15) is 40.3 Å². The molecule has 0 saturated heterocycles. The van der Waals surface area contributed by atoms with Gasteiger partial charge in [0.2, 0.25) is 5.91 Å². The van der Waals surface area contributed by atoms with Gasteiger partial charge in [0, 0.05) is 22.8 Å². The molecule has 1 aromatic heterocycles. The van der Waals surface area contributed by atoms with Crippen molar-refractivity contribution >= 4 is 45.2 Å². The second-order valence-corrected chi connectivity index (χ2v) is 9.06. The minimum Gasteiger partial charge on any atom is -0.342 e. The number of amides is 2. The molecule has 0 bridgehead atoms. The standard InChI is InChI=1S/C22H24BrN5O2S/c1-13-6-5-7-16(10-13)21(30)24-15(3)20-26-27-22(28(20)4)31-12-19(29)25-17-8-9-18(23)14(2)11-17/h5-11,15H,12H2,1-4H3,(H,24,30)(H,25,29)/t15-/m0/s1. The monoisotopic (exact) mass is 501 g/mol. The Morgan fingerprint density at radius 3 is 2.65 bits per heavy atom. The lowest BCUT2D eigenvalue weighted by Crippen LogP contribution is -2.28. The number of anilines is 1. The highest BCUT2D eigenvalue weighted by atomic mass is 79.9. The molecule has 1 heterocycles. The summed E-state index contributed by atoms with van der Waals surface area (Å²) in [5, 5.41) is 14.8. The van der Waals surface area contributed by atoms with Gasteiger partial charge in [0.05, 0.1) is 11.8 Å². The van der Waals surface area contributed by atoms with Gasteiger partial charge >= 0.3 is 0 Å². The first-order valence-electron chi connectivity index (χ1n) is 9.70. The van der Waals surface area contributed by atoms with Crippen molar-refractivity contribution in [2.24, 2.45) is 7.05 Å². The summed E-state index contributed by atoms with van der Waals surface area (Å²) in [4.78, 5) is 24.8. The Hall–Kier alpha value is -2.65. The van der Waals surface area contributed by atoms with E-state index in [0.717, 1.165) is 21.3 Å². The number of rotatable bonds is 7. The third-order valence-corrected chi connectivity index (χ3v) is 6.57. The molecule has 2 amide bonds. The average molecular weight is 502 g/mol. The second kappa shape index (κ2) is 10.1. The van der Waals surface area contributed by atoms with E-state index >= 15 is 0 Å². The van der Waals surface area contributed by atoms with Crippen LogP contribution in [0.25, 0.3) is 0 Å². The maximum Gasteiger partial charge on any atom is 0.251 e. The number of halogens is 1. The number of nitrogens with one attached hydrogen (secondary N) is 2. The van der Waals surface area contributed by atoms with Gasteiger partial charge < -0.3 is 15.2 Å². The molecule has 0 fully saturated rings. The van der Waals surface area contributed by atoms with Gasteiger partial charge in [-0.2, -0.15) is 0 Å². The Balaban J connectivity index is 1.58. The van der Waals surface area contributed by atoms with Gasteiger partial charge in [-0.05, 0) is 56.7 Å². The van der Waals surface area contributed by atoms with Crippen molar-refractivity contribution in [3.05, 3.63) is 69.5 Å². The van der Waals surface area contributed by atoms with E-state index in [-0.39, 0.29) is 23.6 Å². The Kier molecular flexibility index (Phi) is 7.50. The van der Waals surface area contributed by atoms with Crippen LogP contribution in [0.2, 0.25) is 0 Å². The lowest BCUT2D eigenvalue weighted by Gasteiger charge is -2.14. The summed E-state index contributed by atoms with van der Waals surface area (Å²) in [5.41, 5.74) is 3.42. The van der Waals surface area contributed by atoms with Crippen molar-refractivity contribution in [1.29, 1.82) is 0 Å². The van der Waals surface area contributed by atoms with Crippen molar-refractivity contribution in [2.45, 2.75) is 32.0 Å². The molecule has 2 N–H and O–H groups in total. The number of aryl methyl sites for hydroxylation is 2. The minimum atomic E-state index is -0.334. The number of thioether (sulfide) groups is 1. The van der Waals surface area contributed by atoms with Crippen LogP contribution in [-0.2, 0) is 11.8 Å². The van der Waals surface area contributed by atoms with Crippen LogP contribution in [0.4, 0.5) is 5.69 Å². The van der Waals surface area contributed by atoms with Crippen molar-refractivity contribution < 1.29 is 9.59 Å². The van der Waals surface area contributed by atoms with E-state index in [9.17, 15) is 9.59 Å². The number of hydrogen-bond donors (Lipinski definition) is 2. The predicted molar refractivity (Wildman–Crippen MR) is 126 cm³/mol. The first-order chi connectivity index (χ1) is 14.7. The third-order valence-electron chi connectivity index (χ3n) is 4.66. The maximum absolute atomic E-state index is 12.5. The number of carbonyl (C=O) groups excluding carboxylic acids is 2. The summed E-state index contributed by atoms with van der Waals surface area (Å²) in [6, 6.07) is 12.7. The highest BCUT2D eigenvalue weighted by molar-refractivity contribution is 9.10. The van der Waals surface area contributed by atoms with Crippen LogP contribution in [0, 0.1) is 13.8 Å². The molecule has 1 atom stereocenters. The van der Waals surface area contributed by atoms with Gasteiger partial charge in [-0.25, -0.2) is 0 Å². The van der Waals surface area contributed by atoms with Crippen molar-refractivity contribution in [2.75, 3.05) is 11.1 Å². The summed E-state index contributed by atoms with van der Waals surface area (Å²) in [6.07, 6.45) is 0. The van der Waals surface area contributed by atoms with Gasteiger partial charge in [0.25, 0.3) is 5.91 Å². The molecule has 7 nitrogen and oxygen atoms in total. The largest absolute Gasteiger partial charge is 0.342 e. The van der Waals surface area contributed by atoms with E-state index in [0.29, 0.717) is 16.5 Å². The molecular weight excluding hydrogens is 478 g/mol. The number of benzene rings is 2. The molecule has 3 rings (SSSR count). The fourth-order valence-electron chi connectivity index (χ4n) is 3.01. The van der Waals surface area contributed by atoms with E-state index in [4.69, 9.17) is 0 Å². The highest BCUT2D eigenvalue weighted by Crippen LogP contribution is 2.22. The van der Waals surface area contributed by atoms with Crippen LogP contribution in [0.15, 0.2) is 52.1 Å². The molecule has 0 radical (unpaired) electrons. The van der Waals surface area contributed by atoms with Crippen molar-refractivity contribution in [3.63, 3.8) is 0 Å². The van der Waals surface area contributed by atoms with Crippen molar-refractivity contribution in [3.8, 4) is 0 Å². The first-order valence-corrected chi connectivity index (χ1v) is 11.5. The van der Waals surface area contributed by atoms with E-state index in [1.165, 1.54) is 11.8 Å². The SMILES string of the molecule is Cc1cccc(C(=O)N[C@@H](C)c2nnc(SCC(=O)Nc3ccc(Br)c(C)c3)n2C)c1. The zero-order valence-corrected chi connectivity index (χ0v) is 20.2. The normalized spacial score (nSPS) is 11.8. The molecule has 3 aromatic rings. The van der Waals surface area contributed by atoms with Gasteiger partial charge in [-0.1, -0.05) is 45.4 Å². The average Bonchev–Trinajstić information content (AvgIpc) is 3.09. The Morgan fingerprint density at radius 2 is 1.94 bits per heavy atom. The number of carbonyl (C=O) groups is 2. The third kappa shape index (κ3) is 5.95. The zero-order chi connectivity index (χ0) is 22.5. The molecule has 9 heteroatoms. The smallest absolute Gasteiger partial charge is 0.251 e. The Morgan fingerprint density at radius 1 is 1.16 bits per heavy atom. The zero-order valence-electron chi connectivity index (χ0n) is 17.8. The second-order valence-electron chi connectivity index (χ2n) is 7.27. The van der Waals surface area contributed by atoms with Crippen LogP contribution in [0.3, 0.4) is 0 Å². The predicted octanol–water partition coefficient (Wildman–Crippen LogP) is 4.42. The van der Waals surface area contributed by atoms with E-state index < -0.39 is 0 Å². The fraction of sp³-hybridized carbons (Fsp3) is 0.273. The summed E-state index contributed by atoms with van der Waals surface area (Å²) in [5.74, 6) is 0.521. The first kappa shape index (κ1) is 23.0. The van der Waals surface area contributed by atoms with Crippen LogP contribution >= 0.6 is 27.7 Å². The van der Waals surface area contributed by atoms with Gasteiger partial charge in [-0.15, -0.1) is 10.2 Å². The molecular formula is C22H24BrN5O2S. The number of nitrogens with zero attached hydrogens (tertiary/aromatic N) is 3. The quantitative estimate of drug-likeness (QED) is 0.467. The van der Waals surface area contributed by atoms with Gasteiger partial charge in [0.15, 0.2) is 11.0 Å². The molecule has 2 aromatic carbocycles. The lowest BCUT2D eigenvalue weighted by atomic mass is 10.1. The fourth-order valence-corrected chi connectivity index (χ4v) is 3.97. The molecule has 0 spiro atoms. The summed E-state index contributed by atoms with van der Waals surface area (Å²) in [6.45, 7) is 5.77. The maximum atomic E-state index is 12.5. The molecule has 0 aliphatic carbocycles. The molecule has 31 heavy (non-hydrogen) atoms. The molecule has 0 unspecified atom stereocenters. The Labute approximate surface area is 194 Å². The van der Waals surface area contributed by atoms with Crippen molar-refractivity contribution in [1.82, 2.24) is 20.1 Å². The summed E-state index contributed by atoms with van der Waals surface area (Å²) < 4.78 is 2.79. The summed E-state index contributed by atoms with van der Waals surface area (Å²) in [7, 11) is 1.82. The van der Waals surface area contributed by atoms with Crippen LogP contribution < -0.4 is 10.6 Å². The minimum absolute atomic E-state index is 0.128. The van der Waals surface area contributed by atoms with Crippen LogP contribution in [0.5, 0.6) is 0 Å². The Bertz CT molecular complexity index is 1120. The topological polar surface area (TPSA) is 88.9 Å². The number of aromatic nitrogens is 3. The molecule has 0 aliphatic heterocycles. The van der Waals surface area contributed by atoms with Crippen LogP contribution in [-0.4, -0.2) is 32.3 Å². The number of hydrogen-bond acceptors (Lipinski definition) is 5. The van der Waals surface area contributed by atoms with E-state index in [1.54, 1.807) is 10.6 Å². The molecule has 0 saturated carbocycles. The molecule has 0 aliphatic rings. The summed E-state index contributed by atoms with van der Waals surface area (Å²) >= 11 is 4.74. The van der Waals surface area contributed by atoms with E-state index in [2.05, 4.69) is 36.8 Å². The molecule has 162 valence electrons. The highest BCUT2D eigenvalue weighted by Gasteiger charge is 2.19. The van der Waals surface area contributed by atoms with Gasteiger partial charge in [-0.3, -0.25) is 9.59 Å². The van der Waals surface area contributed by atoms with Gasteiger partial charge in [0.1, 0.15) is 0 Å². The van der Waals surface area contributed by atoms with E-state index in [1.807, 2.05) is 64.2 Å².